The third kappa shape index (κ3) is 2.99. The van der Waals surface area contributed by atoms with Crippen LogP contribution in [0.1, 0.15) is 45.8 Å². The van der Waals surface area contributed by atoms with Crippen molar-refractivity contribution in [2.75, 3.05) is 13.2 Å². The first-order valence-electron chi connectivity index (χ1n) is 8.90. The molecule has 136 valence electrons. The predicted octanol–water partition coefficient (Wildman–Crippen LogP) is 2.72. The van der Waals surface area contributed by atoms with Crippen LogP contribution in [0.25, 0.3) is 10.9 Å². The van der Waals surface area contributed by atoms with Gasteiger partial charge in [-0.1, -0.05) is 6.07 Å². The quantitative estimate of drug-likeness (QED) is 0.672. The Morgan fingerprint density at radius 1 is 1.35 bits per heavy atom. The third-order valence-corrected chi connectivity index (χ3v) is 5.20. The summed E-state index contributed by atoms with van der Waals surface area (Å²) in [6, 6.07) is 6.00. The third-order valence-electron chi connectivity index (χ3n) is 5.20. The summed E-state index contributed by atoms with van der Waals surface area (Å²) in [5.41, 5.74) is 3.98. The molecule has 0 aliphatic carbocycles. The van der Waals surface area contributed by atoms with Gasteiger partial charge >= 0.3 is 0 Å². The summed E-state index contributed by atoms with van der Waals surface area (Å²) in [5.74, 6) is 1.50. The standard InChI is InChI=1S/C19H23N5O2/c1-10-4-5-15-14(11(10)2)8-16(22-15)19(25)20-9-13-6-7-26-17(13)18-21-12(3)23-24-18/h4-5,8,13,17,22H,6-7,9H2,1-3H3,(H,20,25)(H,21,23,24)/t13-,17-/m0/s1. The highest BCUT2D eigenvalue weighted by Crippen LogP contribution is 2.32. The maximum absolute atomic E-state index is 12.6. The SMILES string of the molecule is Cc1nc([C@H]2OCC[C@H]2CNC(=O)c2cc3c(C)c(C)ccc3[nH]2)n[nH]1. The first-order chi connectivity index (χ1) is 12.5. The first kappa shape index (κ1) is 16.8. The van der Waals surface area contributed by atoms with Gasteiger partial charge in [0.2, 0.25) is 0 Å². The number of hydrogen-bond acceptors (Lipinski definition) is 4. The molecule has 2 aromatic heterocycles. The molecule has 3 heterocycles. The number of nitrogens with zero attached hydrogens (tertiary/aromatic N) is 2. The number of H-pyrrole nitrogens is 2. The topological polar surface area (TPSA) is 95.7 Å². The fourth-order valence-corrected chi connectivity index (χ4v) is 3.51. The van der Waals surface area contributed by atoms with Crippen LogP contribution in [0.5, 0.6) is 0 Å². The second kappa shape index (κ2) is 6.57. The lowest BCUT2D eigenvalue weighted by atomic mass is 10.0. The van der Waals surface area contributed by atoms with Gasteiger partial charge in [0.15, 0.2) is 5.82 Å². The molecule has 0 saturated carbocycles. The highest BCUT2D eigenvalue weighted by molar-refractivity contribution is 5.99. The summed E-state index contributed by atoms with van der Waals surface area (Å²) >= 11 is 0. The van der Waals surface area contributed by atoms with E-state index in [1.807, 2.05) is 19.1 Å². The van der Waals surface area contributed by atoms with Gasteiger partial charge in [-0.25, -0.2) is 4.98 Å². The summed E-state index contributed by atoms with van der Waals surface area (Å²) < 4.78 is 5.78. The number of aromatic amines is 2. The second-order valence-electron chi connectivity index (χ2n) is 6.98. The lowest BCUT2D eigenvalue weighted by molar-refractivity contribution is 0.0797. The van der Waals surface area contributed by atoms with Gasteiger partial charge in [0.25, 0.3) is 5.91 Å². The van der Waals surface area contributed by atoms with Crippen LogP contribution in [0.15, 0.2) is 18.2 Å². The Morgan fingerprint density at radius 2 is 2.19 bits per heavy atom. The van der Waals surface area contributed by atoms with E-state index in [9.17, 15) is 4.79 Å². The highest BCUT2D eigenvalue weighted by atomic mass is 16.5. The van der Waals surface area contributed by atoms with Gasteiger partial charge in [0.05, 0.1) is 0 Å². The van der Waals surface area contributed by atoms with E-state index >= 15 is 0 Å². The zero-order valence-corrected chi connectivity index (χ0v) is 15.2. The average molecular weight is 353 g/mol. The van der Waals surface area contributed by atoms with Crippen molar-refractivity contribution in [3.8, 4) is 0 Å². The van der Waals surface area contributed by atoms with E-state index < -0.39 is 0 Å². The van der Waals surface area contributed by atoms with Crippen LogP contribution in [0.3, 0.4) is 0 Å². The summed E-state index contributed by atoms with van der Waals surface area (Å²) in [7, 11) is 0. The molecule has 0 bridgehead atoms. The van der Waals surface area contributed by atoms with Gasteiger partial charge in [-0.05, 0) is 50.5 Å². The summed E-state index contributed by atoms with van der Waals surface area (Å²) in [4.78, 5) is 20.2. The van der Waals surface area contributed by atoms with Gasteiger partial charge in [-0.3, -0.25) is 9.89 Å². The molecule has 3 aromatic rings. The lowest BCUT2D eigenvalue weighted by Gasteiger charge is -2.16. The van der Waals surface area contributed by atoms with Crippen molar-refractivity contribution in [3.05, 3.63) is 46.7 Å². The molecule has 7 nitrogen and oxygen atoms in total. The van der Waals surface area contributed by atoms with Crippen LogP contribution in [0, 0.1) is 26.7 Å². The van der Waals surface area contributed by atoms with E-state index in [-0.39, 0.29) is 17.9 Å². The normalized spacial score (nSPS) is 20.0. The Balaban J connectivity index is 1.46. The van der Waals surface area contributed by atoms with E-state index in [0.717, 1.165) is 23.1 Å². The fraction of sp³-hybridized carbons (Fsp3) is 0.421. The molecule has 1 amide bonds. The Hall–Kier alpha value is -2.67. The van der Waals surface area contributed by atoms with Gasteiger partial charge in [-0.15, -0.1) is 0 Å². The van der Waals surface area contributed by atoms with E-state index in [1.165, 1.54) is 11.1 Å². The average Bonchev–Trinajstić information content (AvgIpc) is 3.34. The molecule has 1 fully saturated rings. The van der Waals surface area contributed by atoms with Crippen molar-refractivity contribution >= 4 is 16.8 Å². The van der Waals surface area contributed by atoms with Crippen molar-refractivity contribution in [1.29, 1.82) is 0 Å². The number of rotatable bonds is 4. The summed E-state index contributed by atoms with van der Waals surface area (Å²) in [6.45, 7) is 7.20. The number of benzene rings is 1. The van der Waals surface area contributed by atoms with Crippen LogP contribution in [0.4, 0.5) is 0 Å². The molecule has 26 heavy (non-hydrogen) atoms. The van der Waals surface area contributed by atoms with Gasteiger partial charge in [0.1, 0.15) is 17.6 Å². The highest BCUT2D eigenvalue weighted by Gasteiger charge is 2.33. The van der Waals surface area contributed by atoms with Crippen molar-refractivity contribution in [2.45, 2.75) is 33.3 Å². The number of fused-ring (bicyclic) bond motifs is 1. The van der Waals surface area contributed by atoms with Crippen molar-refractivity contribution < 1.29 is 9.53 Å². The largest absolute Gasteiger partial charge is 0.370 e. The number of carbonyl (C=O) groups is 1. The molecular formula is C19H23N5O2. The smallest absolute Gasteiger partial charge is 0.267 e. The van der Waals surface area contributed by atoms with E-state index in [1.54, 1.807) is 0 Å². The van der Waals surface area contributed by atoms with Crippen LogP contribution in [-0.2, 0) is 4.74 Å². The molecule has 7 heteroatoms. The molecule has 0 spiro atoms. The minimum atomic E-state index is -0.173. The minimum Gasteiger partial charge on any atom is -0.370 e. The minimum absolute atomic E-state index is 0.102. The van der Waals surface area contributed by atoms with E-state index in [0.29, 0.717) is 24.7 Å². The maximum Gasteiger partial charge on any atom is 0.267 e. The zero-order chi connectivity index (χ0) is 18.3. The molecule has 0 unspecified atom stereocenters. The molecule has 1 aromatic carbocycles. The van der Waals surface area contributed by atoms with Gasteiger partial charge < -0.3 is 15.0 Å². The fourth-order valence-electron chi connectivity index (χ4n) is 3.51. The Kier molecular flexibility index (Phi) is 4.24. The Bertz CT molecular complexity index is 958. The summed E-state index contributed by atoms with van der Waals surface area (Å²) in [5, 5.41) is 11.2. The number of hydrogen-bond donors (Lipinski definition) is 3. The van der Waals surface area contributed by atoms with Gasteiger partial charge in [0, 0.05) is 30.0 Å². The Morgan fingerprint density at radius 3 is 2.96 bits per heavy atom. The molecule has 4 rings (SSSR count). The van der Waals surface area contributed by atoms with Gasteiger partial charge in [-0.2, -0.15) is 5.10 Å². The zero-order valence-electron chi connectivity index (χ0n) is 15.2. The second-order valence-corrected chi connectivity index (χ2v) is 6.98. The van der Waals surface area contributed by atoms with Crippen LogP contribution >= 0.6 is 0 Å². The Labute approximate surface area is 151 Å². The number of aromatic nitrogens is 4. The molecule has 3 N–H and O–H groups in total. The number of carbonyl (C=O) groups excluding carboxylic acids is 1. The number of aryl methyl sites for hydroxylation is 3. The molecular weight excluding hydrogens is 330 g/mol. The molecule has 0 radical (unpaired) electrons. The van der Waals surface area contributed by atoms with E-state index in [4.69, 9.17) is 4.74 Å². The number of ether oxygens (including phenoxy) is 1. The first-order valence-corrected chi connectivity index (χ1v) is 8.90. The number of nitrogens with one attached hydrogen (secondary N) is 3. The molecule has 1 aliphatic rings. The number of amides is 1. The van der Waals surface area contributed by atoms with Crippen LogP contribution in [-0.4, -0.2) is 39.2 Å². The predicted molar refractivity (Wildman–Crippen MR) is 98.0 cm³/mol. The van der Waals surface area contributed by atoms with Crippen LogP contribution in [0.2, 0.25) is 0 Å². The maximum atomic E-state index is 12.6. The summed E-state index contributed by atoms with van der Waals surface area (Å²) in [6.07, 6.45) is 0.705. The van der Waals surface area contributed by atoms with E-state index in [2.05, 4.69) is 45.4 Å². The molecule has 1 saturated heterocycles. The van der Waals surface area contributed by atoms with Crippen molar-refractivity contribution in [2.24, 2.45) is 5.92 Å². The lowest BCUT2D eigenvalue weighted by Crippen LogP contribution is -2.31. The van der Waals surface area contributed by atoms with Crippen LogP contribution < -0.4 is 5.32 Å². The monoisotopic (exact) mass is 353 g/mol. The van der Waals surface area contributed by atoms with Crippen molar-refractivity contribution in [3.63, 3.8) is 0 Å². The molecule has 2 atom stereocenters. The van der Waals surface area contributed by atoms with Crippen molar-refractivity contribution in [1.82, 2.24) is 25.5 Å². The molecule has 1 aliphatic heterocycles.